The molecule has 0 radical (unpaired) electrons. The molecule has 0 heterocycles. The van der Waals surface area contributed by atoms with Crippen molar-refractivity contribution in [1.82, 2.24) is 5.32 Å². The molecule has 5 nitrogen and oxygen atoms in total. The molecule has 0 unspecified atom stereocenters. The number of carbonyl (C=O) groups is 1. The molecular weight excluding hydrogens is 396 g/mol. The van der Waals surface area contributed by atoms with E-state index >= 15 is 0 Å². The second-order valence-corrected chi connectivity index (χ2v) is 9.96. The van der Waals surface area contributed by atoms with Gasteiger partial charge in [-0.15, -0.1) is 0 Å². The Bertz CT molecular complexity index is 1000. The fourth-order valence-electron chi connectivity index (χ4n) is 4.36. The summed E-state index contributed by atoms with van der Waals surface area (Å²) < 4.78 is 27.5. The monoisotopic (exact) mass is 418 g/mol. The maximum Gasteiger partial charge on any atom is 0.261 e. The predicted molar refractivity (Wildman–Crippen MR) is 110 cm³/mol. The quantitative estimate of drug-likeness (QED) is 0.757. The number of benzene rings is 2. The molecule has 148 valence electrons. The molecule has 2 aliphatic rings. The zero-order chi connectivity index (χ0) is 19.9. The zero-order valence-electron chi connectivity index (χ0n) is 15.6. The average molecular weight is 419 g/mol. The number of rotatable bonds is 5. The van der Waals surface area contributed by atoms with Gasteiger partial charge < -0.3 is 5.32 Å². The molecule has 2 saturated carbocycles. The Morgan fingerprint density at radius 2 is 1.82 bits per heavy atom. The molecule has 4 rings (SSSR count). The van der Waals surface area contributed by atoms with Crippen molar-refractivity contribution in [2.24, 2.45) is 11.8 Å². The van der Waals surface area contributed by atoms with E-state index in [2.05, 4.69) is 10.0 Å². The van der Waals surface area contributed by atoms with Crippen LogP contribution in [0.25, 0.3) is 0 Å². The van der Waals surface area contributed by atoms with Gasteiger partial charge >= 0.3 is 0 Å². The van der Waals surface area contributed by atoms with Crippen molar-refractivity contribution in [1.29, 1.82) is 0 Å². The van der Waals surface area contributed by atoms with Gasteiger partial charge in [0.05, 0.1) is 21.2 Å². The van der Waals surface area contributed by atoms with Crippen LogP contribution in [0, 0.1) is 18.8 Å². The van der Waals surface area contributed by atoms with Crippen LogP contribution in [0.1, 0.15) is 41.6 Å². The SMILES string of the molecule is Cc1ccc(S(=O)(=O)Nc2ccc(C(=O)N[C@H]3C[C@H]4CC[C@H]3C4)c(Cl)c2)cc1. The third-order valence-corrected chi connectivity index (χ3v) is 7.56. The van der Waals surface area contributed by atoms with Gasteiger partial charge in [0.25, 0.3) is 15.9 Å². The van der Waals surface area contributed by atoms with Gasteiger partial charge in [-0.2, -0.15) is 0 Å². The number of anilines is 1. The minimum absolute atomic E-state index is 0.173. The molecule has 1 amide bonds. The number of aryl methyl sites for hydroxylation is 1. The molecule has 3 atom stereocenters. The summed E-state index contributed by atoms with van der Waals surface area (Å²) in [5.74, 6) is 1.12. The van der Waals surface area contributed by atoms with Crippen molar-refractivity contribution >= 4 is 33.2 Å². The Balaban J connectivity index is 1.46. The van der Waals surface area contributed by atoms with E-state index < -0.39 is 10.0 Å². The second-order valence-electron chi connectivity index (χ2n) is 7.87. The van der Waals surface area contributed by atoms with Gasteiger partial charge in [-0.05, 0) is 68.4 Å². The summed E-state index contributed by atoms with van der Waals surface area (Å²) in [5.41, 5.74) is 1.66. The van der Waals surface area contributed by atoms with E-state index in [1.807, 2.05) is 6.92 Å². The van der Waals surface area contributed by atoms with E-state index in [1.54, 1.807) is 36.4 Å². The van der Waals surface area contributed by atoms with Gasteiger partial charge in [-0.1, -0.05) is 35.7 Å². The van der Waals surface area contributed by atoms with Crippen molar-refractivity contribution in [2.75, 3.05) is 4.72 Å². The molecule has 0 aromatic heterocycles. The smallest absolute Gasteiger partial charge is 0.261 e. The first-order valence-corrected chi connectivity index (χ1v) is 11.4. The molecule has 2 aliphatic carbocycles. The lowest BCUT2D eigenvalue weighted by Crippen LogP contribution is -2.38. The highest BCUT2D eigenvalue weighted by Crippen LogP contribution is 2.44. The van der Waals surface area contributed by atoms with Crippen LogP contribution < -0.4 is 10.0 Å². The highest BCUT2D eigenvalue weighted by molar-refractivity contribution is 7.92. The topological polar surface area (TPSA) is 75.3 Å². The third-order valence-electron chi connectivity index (χ3n) is 5.85. The largest absolute Gasteiger partial charge is 0.349 e. The first kappa shape index (κ1) is 19.3. The summed E-state index contributed by atoms with van der Waals surface area (Å²) in [5, 5.41) is 3.33. The van der Waals surface area contributed by atoms with Crippen molar-refractivity contribution in [3.8, 4) is 0 Å². The first-order chi connectivity index (χ1) is 13.3. The van der Waals surface area contributed by atoms with Gasteiger partial charge in [0.2, 0.25) is 0 Å². The van der Waals surface area contributed by atoms with Crippen molar-refractivity contribution in [3.63, 3.8) is 0 Å². The summed E-state index contributed by atoms with van der Waals surface area (Å²) >= 11 is 6.29. The summed E-state index contributed by atoms with van der Waals surface area (Å²) in [6, 6.07) is 11.4. The minimum atomic E-state index is -3.71. The van der Waals surface area contributed by atoms with E-state index in [-0.39, 0.29) is 21.9 Å². The van der Waals surface area contributed by atoms with E-state index in [1.165, 1.54) is 25.3 Å². The molecular formula is C21H23ClN2O3S. The van der Waals surface area contributed by atoms with E-state index in [9.17, 15) is 13.2 Å². The van der Waals surface area contributed by atoms with Crippen LogP contribution in [0.2, 0.25) is 5.02 Å². The van der Waals surface area contributed by atoms with Gasteiger partial charge in [0.1, 0.15) is 0 Å². The van der Waals surface area contributed by atoms with Gasteiger partial charge in [0, 0.05) is 6.04 Å². The lowest BCUT2D eigenvalue weighted by Gasteiger charge is -2.23. The zero-order valence-corrected chi connectivity index (χ0v) is 17.2. The van der Waals surface area contributed by atoms with Crippen LogP contribution in [0.4, 0.5) is 5.69 Å². The maximum absolute atomic E-state index is 12.6. The van der Waals surface area contributed by atoms with Gasteiger partial charge in [-0.3, -0.25) is 9.52 Å². The van der Waals surface area contributed by atoms with Crippen LogP contribution >= 0.6 is 11.6 Å². The van der Waals surface area contributed by atoms with Crippen molar-refractivity contribution < 1.29 is 13.2 Å². The molecule has 2 bridgehead atoms. The van der Waals surface area contributed by atoms with E-state index in [4.69, 9.17) is 11.6 Å². The lowest BCUT2D eigenvalue weighted by molar-refractivity contribution is 0.0923. The molecule has 28 heavy (non-hydrogen) atoms. The molecule has 7 heteroatoms. The predicted octanol–water partition coefficient (Wildman–Crippen LogP) is 4.37. The molecule has 0 aliphatic heterocycles. The Kier molecular flexibility index (Phi) is 5.10. The molecule has 2 aromatic rings. The summed E-state index contributed by atoms with van der Waals surface area (Å²) in [4.78, 5) is 12.8. The molecule has 2 fully saturated rings. The summed E-state index contributed by atoms with van der Waals surface area (Å²) in [6.07, 6.45) is 4.71. The fraction of sp³-hybridized carbons (Fsp3) is 0.381. The van der Waals surface area contributed by atoms with Crippen LogP contribution in [0.15, 0.2) is 47.4 Å². The summed E-state index contributed by atoms with van der Waals surface area (Å²) in [7, 11) is -3.71. The lowest BCUT2D eigenvalue weighted by atomic mass is 9.95. The first-order valence-electron chi connectivity index (χ1n) is 9.52. The Morgan fingerprint density at radius 1 is 1.07 bits per heavy atom. The van der Waals surface area contributed by atoms with Crippen LogP contribution in [-0.2, 0) is 10.0 Å². The average Bonchev–Trinajstić information content (AvgIpc) is 3.24. The Labute approximate surface area is 170 Å². The van der Waals surface area contributed by atoms with Crippen molar-refractivity contribution in [3.05, 3.63) is 58.6 Å². The Hall–Kier alpha value is -2.05. The number of carbonyl (C=O) groups excluding carboxylic acids is 1. The molecule has 2 aromatic carbocycles. The van der Waals surface area contributed by atoms with Gasteiger partial charge in [-0.25, -0.2) is 8.42 Å². The molecule has 0 saturated heterocycles. The molecule has 2 N–H and O–H groups in total. The highest BCUT2D eigenvalue weighted by atomic mass is 35.5. The number of fused-ring (bicyclic) bond motifs is 2. The van der Waals surface area contributed by atoms with Gasteiger partial charge in [0.15, 0.2) is 0 Å². The molecule has 0 spiro atoms. The maximum atomic E-state index is 12.6. The second kappa shape index (κ2) is 7.41. The van der Waals surface area contributed by atoms with Crippen LogP contribution in [0.5, 0.6) is 0 Å². The fourth-order valence-corrected chi connectivity index (χ4v) is 5.68. The number of halogens is 1. The number of sulfonamides is 1. The third kappa shape index (κ3) is 3.89. The normalized spacial score (nSPS) is 23.6. The number of nitrogens with one attached hydrogen (secondary N) is 2. The standard InChI is InChI=1S/C21H23ClN2O3S/c1-13-2-7-17(8-3-13)28(26,27)24-16-6-9-18(19(22)12-16)21(25)23-20-11-14-4-5-15(20)10-14/h2-3,6-9,12,14-15,20,24H,4-5,10-11H2,1H3,(H,23,25)/t14-,15-,20-/m0/s1. The van der Waals surface area contributed by atoms with Crippen LogP contribution in [-0.4, -0.2) is 20.4 Å². The summed E-state index contributed by atoms with van der Waals surface area (Å²) in [6.45, 7) is 1.89. The number of hydrogen-bond acceptors (Lipinski definition) is 3. The number of hydrogen-bond donors (Lipinski definition) is 2. The highest BCUT2D eigenvalue weighted by Gasteiger charge is 2.40. The van der Waals surface area contributed by atoms with E-state index in [0.29, 0.717) is 17.2 Å². The van der Waals surface area contributed by atoms with Crippen LogP contribution in [0.3, 0.4) is 0 Å². The Morgan fingerprint density at radius 3 is 2.43 bits per heavy atom. The van der Waals surface area contributed by atoms with E-state index in [0.717, 1.165) is 17.9 Å². The minimum Gasteiger partial charge on any atom is -0.349 e. The van der Waals surface area contributed by atoms with Crippen molar-refractivity contribution in [2.45, 2.75) is 43.5 Å². The number of amides is 1.